The third-order valence-electron chi connectivity index (χ3n) is 3.37. The first-order valence-corrected chi connectivity index (χ1v) is 6.65. The fraction of sp³-hybridized carbons (Fsp3) is 0.429. The van der Waals surface area contributed by atoms with E-state index < -0.39 is 5.97 Å². The van der Waals surface area contributed by atoms with Crippen molar-refractivity contribution in [3.63, 3.8) is 0 Å². The molecule has 0 atom stereocenters. The van der Waals surface area contributed by atoms with Gasteiger partial charge in [-0.25, -0.2) is 9.78 Å². The van der Waals surface area contributed by atoms with Crippen LogP contribution < -0.4 is 5.32 Å². The van der Waals surface area contributed by atoms with E-state index in [1.54, 1.807) is 22.7 Å². The lowest BCUT2D eigenvalue weighted by Gasteiger charge is -2.20. The molecule has 6 heteroatoms. The zero-order chi connectivity index (χ0) is 14.7. The summed E-state index contributed by atoms with van der Waals surface area (Å²) in [5.74, 6) is -0.565. The van der Waals surface area contributed by atoms with E-state index in [-0.39, 0.29) is 5.69 Å². The average molecular weight is 276 g/mol. The van der Waals surface area contributed by atoms with E-state index in [2.05, 4.69) is 29.0 Å². The molecule has 0 unspecified atom stereocenters. The number of nitrogens with zero attached hydrogens (tertiary/aromatic N) is 3. The van der Waals surface area contributed by atoms with Crippen LogP contribution in [0.15, 0.2) is 24.4 Å². The van der Waals surface area contributed by atoms with Gasteiger partial charge >= 0.3 is 5.97 Å². The molecule has 0 spiro atoms. The summed E-state index contributed by atoms with van der Waals surface area (Å²) in [5, 5.41) is 12.5. The average Bonchev–Trinajstić information content (AvgIpc) is 2.76. The number of fused-ring (bicyclic) bond motifs is 1. The van der Waals surface area contributed by atoms with Crippen LogP contribution in [0.5, 0.6) is 0 Å². The number of rotatable bonds is 6. The highest BCUT2D eigenvalue weighted by molar-refractivity contribution is 5.92. The highest BCUT2D eigenvalue weighted by Gasteiger charge is 2.18. The van der Waals surface area contributed by atoms with Gasteiger partial charge in [0.2, 0.25) is 0 Å². The van der Waals surface area contributed by atoms with Crippen LogP contribution in [0, 0.1) is 0 Å². The van der Waals surface area contributed by atoms with Crippen LogP contribution in [-0.4, -0.2) is 51.5 Å². The van der Waals surface area contributed by atoms with Gasteiger partial charge in [-0.3, -0.25) is 4.40 Å². The molecule has 0 aliphatic carbocycles. The molecule has 0 aliphatic heterocycles. The van der Waals surface area contributed by atoms with Crippen LogP contribution in [0.1, 0.15) is 24.3 Å². The number of carbonyl (C=O) groups is 1. The minimum Gasteiger partial charge on any atom is -0.476 e. The summed E-state index contributed by atoms with van der Waals surface area (Å²) in [4.78, 5) is 17.9. The van der Waals surface area contributed by atoms with E-state index in [0.717, 1.165) is 6.54 Å². The molecule has 0 amide bonds. The van der Waals surface area contributed by atoms with Gasteiger partial charge < -0.3 is 15.3 Å². The normalized spacial score (nSPS) is 11.4. The predicted molar refractivity (Wildman–Crippen MR) is 78.4 cm³/mol. The Kier molecular flexibility index (Phi) is 4.24. The van der Waals surface area contributed by atoms with Crippen molar-refractivity contribution in [1.82, 2.24) is 14.3 Å². The van der Waals surface area contributed by atoms with Gasteiger partial charge in [-0.2, -0.15) is 0 Å². The van der Waals surface area contributed by atoms with Gasteiger partial charge in [0, 0.05) is 25.3 Å². The first kappa shape index (κ1) is 14.3. The number of imidazole rings is 1. The number of nitrogens with one attached hydrogen (secondary N) is 1. The summed E-state index contributed by atoms with van der Waals surface area (Å²) in [6.45, 7) is 5.71. The molecule has 0 saturated carbocycles. The Labute approximate surface area is 118 Å². The van der Waals surface area contributed by atoms with Crippen molar-refractivity contribution >= 4 is 17.4 Å². The lowest BCUT2D eigenvalue weighted by atomic mass is 10.3. The predicted octanol–water partition coefficient (Wildman–Crippen LogP) is 1.78. The largest absolute Gasteiger partial charge is 0.476 e. The smallest absolute Gasteiger partial charge is 0.356 e. The summed E-state index contributed by atoms with van der Waals surface area (Å²) in [7, 11) is 2.04. The number of anilines is 1. The molecule has 20 heavy (non-hydrogen) atoms. The van der Waals surface area contributed by atoms with Gasteiger partial charge in [0.15, 0.2) is 11.5 Å². The number of hydrogen-bond acceptors (Lipinski definition) is 4. The maximum atomic E-state index is 11.4. The Balaban J connectivity index is 2.17. The number of pyridine rings is 1. The number of aromatic nitrogens is 2. The molecule has 2 aromatic rings. The molecule has 6 nitrogen and oxygen atoms in total. The van der Waals surface area contributed by atoms with E-state index >= 15 is 0 Å². The number of carboxylic acids is 1. The Hall–Kier alpha value is -2.08. The van der Waals surface area contributed by atoms with Crippen LogP contribution >= 0.6 is 0 Å². The monoisotopic (exact) mass is 276 g/mol. The molecule has 2 rings (SSSR count). The first-order chi connectivity index (χ1) is 9.50. The summed E-state index contributed by atoms with van der Waals surface area (Å²) < 4.78 is 1.58. The molecular formula is C14H20N4O2. The van der Waals surface area contributed by atoms with Crippen molar-refractivity contribution in [2.24, 2.45) is 0 Å². The number of likely N-dealkylation sites (N-methyl/N-ethyl adjacent to an activating group) is 1. The van der Waals surface area contributed by atoms with Crippen LogP contribution in [0.3, 0.4) is 0 Å². The maximum absolute atomic E-state index is 11.4. The van der Waals surface area contributed by atoms with Crippen LogP contribution in [0.25, 0.3) is 5.65 Å². The summed E-state index contributed by atoms with van der Waals surface area (Å²) >= 11 is 0. The van der Waals surface area contributed by atoms with Gasteiger partial charge in [0.25, 0.3) is 0 Å². The Bertz CT molecular complexity index is 606. The second-order valence-electron chi connectivity index (χ2n) is 5.04. The van der Waals surface area contributed by atoms with Crippen molar-refractivity contribution < 1.29 is 9.90 Å². The summed E-state index contributed by atoms with van der Waals surface area (Å²) in [6, 6.07) is 5.87. The van der Waals surface area contributed by atoms with Crippen molar-refractivity contribution in [3.05, 3.63) is 30.1 Å². The van der Waals surface area contributed by atoms with Gasteiger partial charge in [-0.15, -0.1) is 0 Å². The van der Waals surface area contributed by atoms with Crippen LogP contribution in [-0.2, 0) is 0 Å². The van der Waals surface area contributed by atoms with Gasteiger partial charge in [0.05, 0.1) is 0 Å². The number of hydrogen-bond donors (Lipinski definition) is 2. The molecule has 2 N–H and O–H groups in total. The SMILES string of the molecule is CC(C)N(C)CCNc1nc2ccccn2c1C(=O)O. The van der Waals surface area contributed by atoms with Crippen molar-refractivity contribution in [2.75, 3.05) is 25.5 Å². The Morgan fingerprint density at radius 2 is 2.25 bits per heavy atom. The fourth-order valence-corrected chi connectivity index (χ4v) is 1.93. The molecule has 0 aliphatic rings. The Morgan fingerprint density at radius 3 is 2.90 bits per heavy atom. The third-order valence-corrected chi connectivity index (χ3v) is 3.37. The van der Waals surface area contributed by atoms with E-state index in [4.69, 9.17) is 0 Å². The zero-order valence-electron chi connectivity index (χ0n) is 12.0. The zero-order valence-corrected chi connectivity index (χ0v) is 12.0. The van der Waals surface area contributed by atoms with Crippen molar-refractivity contribution in [3.8, 4) is 0 Å². The van der Waals surface area contributed by atoms with Gasteiger partial charge in [0.1, 0.15) is 5.65 Å². The van der Waals surface area contributed by atoms with Crippen molar-refractivity contribution in [1.29, 1.82) is 0 Å². The third kappa shape index (κ3) is 2.91. The van der Waals surface area contributed by atoms with Gasteiger partial charge in [-0.1, -0.05) is 6.07 Å². The molecule has 0 radical (unpaired) electrons. The highest BCUT2D eigenvalue weighted by atomic mass is 16.4. The van der Waals surface area contributed by atoms with E-state index in [0.29, 0.717) is 24.1 Å². The topological polar surface area (TPSA) is 69.9 Å². The maximum Gasteiger partial charge on any atom is 0.356 e. The van der Waals surface area contributed by atoms with Crippen molar-refractivity contribution in [2.45, 2.75) is 19.9 Å². The van der Waals surface area contributed by atoms with Gasteiger partial charge in [-0.05, 0) is 33.0 Å². The van der Waals surface area contributed by atoms with E-state index in [1.165, 1.54) is 0 Å². The highest BCUT2D eigenvalue weighted by Crippen LogP contribution is 2.17. The standard InChI is InChI=1S/C14H20N4O2/c1-10(2)17(3)9-7-15-13-12(14(19)20)18-8-5-4-6-11(18)16-13/h4-6,8,10,15H,7,9H2,1-3H3,(H,19,20). The van der Waals surface area contributed by atoms with Crippen LogP contribution in [0.4, 0.5) is 5.82 Å². The second-order valence-corrected chi connectivity index (χ2v) is 5.04. The minimum absolute atomic E-state index is 0.174. The molecule has 2 aromatic heterocycles. The summed E-state index contributed by atoms with van der Waals surface area (Å²) in [5.41, 5.74) is 0.803. The molecule has 2 heterocycles. The second kappa shape index (κ2) is 5.92. The molecular weight excluding hydrogens is 256 g/mol. The lowest BCUT2D eigenvalue weighted by Crippen LogP contribution is -2.31. The lowest BCUT2D eigenvalue weighted by molar-refractivity contribution is 0.0690. The summed E-state index contributed by atoms with van der Waals surface area (Å²) in [6.07, 6.45) is 1.71. The van der Waals surface area contributed by atoms with E-state index in [1.807, 2.05) is 13.1 Å². The quantitative estimate of drug-likeness (QED) is 0.841. The first-order valence-electron chi connectivity index (χ1n) is 6.65. The van der Waals surface area contributed by atoms with Crippen LogP contribution in [0.2, 0.25) is 0 Å². The van der Waals surface area contributed by atoms with E-state index in [9.17, 15) is 9.90 Å². The Morgan fingerprint density at radius 1 is 1.50 bits per heavy atom. The molecule has 0 aromatic carbocycles. The molecule has 108 valence electrons. The molecule has 0 bridgehead atoms. The number of carboxylic acid groups (broad SMARTS) is 1. The molecule has 0 fully saturated rings. The minimum atomic E-state index is -0.983. The fourth-order valence-electron chi connectivity index (χ4n) is 1.93. The number of aromatic carboxylic acids is 1. The molecule has 0 saturated heterocycles.